The summed E-state index contributed by atoms with van der Waals surface area (Å²) in [4.78, 5) is 15.1. The van der Waals surface area contributed by atoms with Crippen molar-refractivity contribution < 1.29 is 9.18 Å². The van der Waals surface area contributed by atoms with Gasteiger partial charge in [0.15, 0.2) is 0 Å². The maximum Gasteiger partial charge on any atom is 0.245 e. The fraction of sp³-hybridized carbons (Fsp3) is 0.867. The monoisotopic (exact) mass is 253 g/mol. The number of hydrogen-bond acceptors (Lipinski definition) is 1. The lowest BCUT2D eigenvalue weighted by molar-refractivity contribution is -0.120. The summed E-state index contributed by atoms with van der Waals surface area (Å²) in [5.74, 6) is 2.02. The van der Waals surface area contributed by atoms with Crippen molar-refractivity contribution in [2.75, 3.05) is 0 Å². The Hall–Kier alpha value is -0.730. The molecular weight excluding hydrogens is 229 g/mol. The third kappa shape index (κ3) is 2.99. The van der Waals surface area contributed by atoms with Gasteiger partial charge in [0.2, 0.25) is 5.91 Å². The molecule has 2 aliphatic carbocycles. The Kier molecular flexibility index (Phi) is 4.18. The van der Waals surface area contributed by atoms with Crippen LogP contribution in [0, 0.1) is 29.6 Å². The van der Waals surface area contributed by atoms with E-state index in [0.717, 1.165) is 0 Å². The van der Waals surface area contributed by atoms with Gasteiger partial charge in [-0.15, -0.1) is 0 Å². The Morgan fingerprint density at radius 2 is 2.06 bits per heavy atom. The van der Waals surface area contributed by atoms with E-state index in [1.54, 1.807) is 0 Å². The minimum atomic E-state index is -0.675. The molecule has 0 aliphatic heterocycles. The second-order valence-corrected chi connectivity index (χ2v) is 6.40. The maximum atomic E-state index is 13.9. The van der Waals surface area contributed by atoms with E-state index in [-0.39, 0.29) is 5.91 Å². The molecule has 0 radical (unpaired) electrons. The van der Waals surface area contributed by atoms with Crippen LogP contribution in [0.4, 0.5) is 4.39 Å². The zero-order chi connectivity index (χ0) is 13.3. The standard InChI is InChI=1S/C15H24FNO/c1-9(2)12-6-11(16)7-13(10-4-5-10)14(12)8-15(18)17-3/h9-14H,3-8H2,1-2H3. The van der Waals surface area contributed by atoms with Crippen molar-refractivity contribution in [3.8, 4) is 0 Å². The Bertz CT molecular complexity index is 312. The van der Waals surface area contributed by atoms with Gasteiger partial charge in [-0.25, -0.2) is 9.38 Å². The lowest BCUT2D eigenvalue weighted by atomic mass is 9.64. The van der Waals surface area contributed by atoms with Crippen molar-refractivity contribution in [2.45, 2.75) is 52.1 Å². The van der Waals surface area contributed by atoms with Crippen LogP contribution in [-0.4, -0.2) is 18.8 Å². The molecule has 2 saturated carbocycles. The minimum absolute atomic E-state index is 0.117. The molecule has 18 heavy (non-hydrogen) atoms. The molecule has 2 nitrogen and oxygen atoms in total. The number of aliphatic imine (C=N–C) groups is 1. The van der Waals surface area contributed by atoms with E-state index in [1.807, 2.05) is 0 Å². The van der Waals surface area contributed by atoms with Crippen LogP contribution in [0.1, 0.15) is 46.0 Å². The van der Waals surface area contributed by atoms with Gasteiger partial charge in [0.05, 0.1) is 0 Å². The topological polar surface area (TPSA) is 29.4 Å². The summed E-state index contributed by atoms with van der Waals surface area (Å²) in [5, 5.41) is 0. The number of amides is 1. The molecule has 3 heteroatoms. The van der Waals surface area contributed by atoms with Gasteiger partial charge in [-0.1, -0.05) is 13.8 Å². The smallest absolute Gasteiger partial charge is 0.245 e. The zero-order valence-corrected chi connectivity index (χ0v) is 11.4. The first-order valence-electron chi connectivity index (χ1n) is 7.16. The molecular formula is C15H24FNO. The van der Waals surface area contributed by atoms with Crippen LogP contribution in [-0.2, 0) is 4.79 Å². The lowest BCUT2D eigenvalue weighted by Gasteiger charge is -2.41. The molecule has 4 unspecified atom stereocenters. The molecule has 0 N–H and O–H groups in total. The number of rotatable bonds is 4. The van der Waals surface area contributed by atoms with E-state index < -0.39 is 6.17 Å². The summed E-state index contributed by atoms with van der Waals surface area (Å²) in [7, 11) is 0. The highest BCUT2D eigenvalue weighted by atomic mass is 19.1. The third-order valence-electron chi connectivity index (χ3n) is 4.83. The fourth-order valence-electron chi connectivity index (χ4n) is 3.76. The van der Waals surface area contributed by atoms with Crippen molar-refractivity contribution in [2.24, 2.45) is 34.6 Å². The molecule has 4 atom stereocenters. The Morgan fingerprint density at radius 3 is 2.56 bits per heavy atom. The van der Waals surface area contributed by atoms with Gasteiger partial charge in [0.1, 0.15) is 6.17 Å². The van der Waals surface area contributed by atoms with Crippen molar-refractivity contribution in [3.63, 3.8) is 0 Å². The summed E-state index contributed by atoms with van der Waals surface area (Å²) < 4.78 is 13.9. The van der Waals surface area contributed by atoms with Crippen LogP contribution >= 0.6 is 0 Å². The molecule has 0 spiro atoms. The summed E-state index contributed by atoms with van der Waals surface area (Å²) >= 11 is 0. The van der Waals surface area contributed by atoms with E-state index in [1.165, 1.54) is 12.8 Å². The third-order valence-corrected chi connectivity index (χ3v) is 4.83. The van der Waals surface area contributed by atoms with Crippen LogP contribution in [0.3, 0.4) is 0 Å². The fourth-order valence-corrected chi connectivity index (χ4v) is 3.76. The molecule has 0 bridgehead atoms. The summed E-state index contributed by atoms with van der Waals surface area (Å²) in [5.41, 5.74) is 0. The van der Waals surface area contributed by atoms with Crippen LogP contribution in [0.5, 0.6) is 0 Å². The SMILES string of the molecule is C=NC(=O)CC1C(C(C)C)CC(F)CC1C1CC1. The molecule has 2 fully saturated rings. The average Bonchev–Trinajstić information content (AvgIpc) is 3.14. The van der Waals surface area contributed by atoms with E-state index in [0.29, 0.717) is 48.9 Å². The van der Waals surface area contributed by atoms with Gasteiger partial charge in [0, 0.05) is 6.42 Å². The highest BCUT2D eigenvalue weighted by molar-refractivity contribution is 5.80. The van der Waals surface area contributed by atoms with Crippen molar-refractivity contribution in [1.82, 2.24) is 0 Å². The van der Waals surface area contributed by atoms with E-state index in [2.05, 4.69) is 25.6 Å². The van der Waals surface area contributed by atoms with Crippen LogP contribution in [0.15, 0.2) is 4.99 Å². The Morgan fingerprint density at radius 1 is 1.39 bits per heavy atom. The number of carbonyl (C=O) groups is 1. The second-order valence-electron chi connectivity index (χ2n) is 6.40. The van der Waals surface area contributed by atoms with Gasteiger partial charge < -0.3 is 0 Å². The number of hydrogen-bond donors (Lipinski definition) is 0. The quantitative estimate of drug-likeness (QED) is 0.703. The second kappa shape index (κ2) is 5.50. The van der Waals surface area contributed by atoms with Gasteiger partial charge in [-0.3, -0.25) is 4.79 Å². The van der Waals surface area contributed by atoms with Crippen LogP contribution < -0.4 is 0 Å². The van der Waals surface area contributed by atoms with Crippen molar-refractivity contribution in [1.29, 1.82) is 0 Å². The summed E-state index contributed by atoms with van der Waals surface area (Å²) in [6.07, 6.45) is 3.51. The van der Waals surface area contributed by atoms with Gasteiger partial charge >= 0.3 is 0 Å². The van der Waals surface area contributed by atoms with Crippen molar-refractivity contribution >= 4 is 12.6 Å². The minimum Gasteiger partial charge on any atom is -0.273 e. The molecule has 1 amide bonds. The highest BCUT2D eigenvalue weighted by Gasteiger charge is 2.46. The predicted octanol–water partition coefficient (Wildman–Crippen LogP) is 3.65. The first-order chi connectivity index (χ1) is 8.52. The molecule has 2 rings (SSSR count). The number of nitrogens with zero attached hydrogens (tertiary/aromatic N) is 1. The molecule has 0 aromatic heterocycles. The molecule has 0 saturated heterocycles. The number of halogens is 1. The number of carbonyl (C=O) groups excluding carboxylic acids is 1. The summed E-state index contributed by atoms with van der Waals surface area (Å²) in [6.45, 7) is 7.61. The highest BCUT2D eigenvalue weighted by Crippen LogP contribution is 2.51. The van der Waals surface area contributed by atoms with Gasteiger partial charge in [-0.2, -0.15) is 0 Å². The molecule has 102 valence electrons. The Labute approximate surface area is 109 Å². The number of alkyl halides is 1. The van der Waals surface area contributed by atoms with E-state index in [4.69, 9.17) is 0 Å². The molecule has 0 aromatic carbocycles. The molecule has 0 heterocycles. The summed E-state index contributed by atoms with van der Waals surface area (Å²) in [6, 6.07) is 0. The maximum absolute atomic E-state index is 13.9. The van der Waals surface area contributed by atoms with Gasteiger partial charge in [-0.05, 0) is 62.0 Å². The zero-order valence-electron chi connectivity index (χ0n) is 11.4. The van der Waals surface area contributed by atoms with E-state index in [9.17, 15) is 9.18 Å². The Balaban J connectivity index is 2.14. The van der Waals surface area contributed by atoms with Gasteiger partial charge in [0.25, 0.3) is 0 Å². The van der Waals surface area contributed by atoms with E-state index >= 15 is 0 Å². The first-order valence-corrected chi connectivity index (χ1v) is 7.16. The van der Waals surface area contributed by atoms with Crippen LogP contribution in [0.2, 0.25) is 0 Å². The largest absolute Gasteiger partial charge is 0.273 e. The first kappa shape index (κ1) is 13.7. The normalized spacial score (nSPS) is 36.7. The molecule has 2 aliphatic rings. The average molecular weight is 253 g/mol. The van der Waals surface area contributed by atoms with Crippen molar-refractivity contribution in [3.05, 3.63) is 0 Å². The molecule has 0 aromatic rings. The van der Waals surface area contributed by atoms with Crippen LogP contribution in [0.25, 0.3) is 0 Å². The predicted molar refractivity (Wildman–Crippen MR) is 71.3 cm³/mol. The lowest BCUT2D eigenvalue weighted by Crippen LogP contribution is -2.38.